The predicted molar refractivity (Wildman–Crippen MR) is 123 cm³/mol. The van der Waals surface area contributed by atoms with Crippen molar-refractivity contribution >= 4 is 18.4 Å². The molecule has 1 atom stereocenters. The summed E-state index contributed by atoms with van der Waals surface area (Å²) in [5.41, 5.74) is 3.43. The number of ketones is 1. The monoisotopic (exact) mass is 392 g/mol. The summed E-state index contributed by atoms with van der Waals surface area (Å²) in [5.74, 6) is 0.690. The first-order valence-electron chi connectivity index (χ1n) is 11.7. The molecular formula is C25H44OS. The highest BCUT2D eigenvalue weighted by atomic mass is 32.1. The van der Waals surface area contributed by atoms with Crippen LogP contribution < -0.4 is 0 Å². The van der Waals surface area contributed by atoms with Gasteiger partial charge in [-0.3, -0.25) is 4.79 Å². The molecule has 1 rings (SSSR count). The molecule has 27 heavy (non-hydrogen) atoms. The molecule has 1 nitrogen and oxygen atoms in total. The number of rotatable bonds is 15. The summed E-state index contributed by atoms with van der Waals surface area (Å²) in [4.78, 5) is 14.0. The molecule has 156 valence electrons. The largest absolute Gasteiger partial charge is 0.289 e. The first kappa shape index (κ1) is 24.5. The summed E-state index contributed by atoms with van der Waals surface area (Å²) in [6, 6.07) is 0. The van der Waals surface area contributed by atoms with Crippen LogP contribution in [0.1, 0.15) is 124 Å². The quantitative estimate of drug-likeness (QED) is 0.218. The minimum Gasteiger partial charge on any atom is -0.289 e. The zero-order valence-electron chi connectivity index (χ0n) is 18.5. The van der Waals surface area contributed by atoms with Gasteiger partial charge in [-0.05, 0) is 43.1 Å². The number of unbranched alkanes of at least 4 members (excludes halogenated alkanes) is 10. The summed E-state index contributed by atoms with van der Waals surface area (Å²) >= 11 is 4.82. The lowest BCUT2D eigenvalue weighted by Crippen LogP contribution is -2.21. The van der Waals surface area contributed by atoms with Gasteiger partial charge >= 0.3 is 0 Å². The van der Waals surface area contributed by atoms with Crippen molar-refractivity contribution in [1.82, 2.24) is 0 Å². The molecule has 0 radical (unpaired) electrons. The molecule has 1 aliphatic carbocycles. The Labute approximate surface area is 174 Å². The van der Waals surface area contributed by atoms with E-state index < -0.39 is 0 Å². The highest BCUT2D eigenvalue weighted by Gasteiger charge is 2.30. The van der Waals surface area contributed by atoms with Crippen molar-refractivity contribution in [3.8, 4) is 0 Å². The van der Waals surface area contributed by atoms with E-state index in [4.69, 9.17) is 12.6 Å². The second kappa shape index (κ2) is 14.5. The van der Waals surface area contributed by atoms with Crippen LogP contribution >= 0.6 is 12.6 Å². The molecule has 0 amide bonds. The van der Waals surface area contributed by atoms with Gasteiger partial charge in [0.2, 0.25) is 0 Å². The minimum absolute atomic E-state index is 0.299. The Kier molecular flexibility index (Phi) is 13.2. The third-order valence-corrected chi connectivity index (χ3v) is 6.75. The van der Waals surface area contributed by atoms with Crippen molar-refractivity contribution in [3.63, 3.8) is 0 Å². The van der Waals surface area contributed by atoms with Crippen molar-refractivity contribution in [2.75, 3.05) is 0 Å². The number of carbonyl (C=O) groups is 1. The van der Waals surface area contributed by atoms with E-state index in [1.807, 2.05) is 0 Å². The Morgan fingerprint density at radius 2 is 1.26 bits per heavy atom. The summed E-state index contributed by atoms with van der Waals surface area (Å²) in [7, 11) is 0. The predicted octanol–water partition coefficient (Wildman–Crippen LogP) is 8.60. The van der Waals surface area contributed by atoms with Gasteiger partial charge in [-0.15, -0.1) is 12.6 Å². The fourth-order valence-electron chi connectivity index (χ4n) is 4.32. The van der Waals surface area contributed by atoms with Gasteiger partial charge in [-0.1, -0.05) is 97.0 Å². The van der Waals surface area contributed by atoms with E-state index in [1.54, 1.807) is 0 Å². The molecule has 0 aromatic rings. The van der Waals surface area contributed by atoms with Gasteiger partial charge < -0.3 is 0 Å². The van der Waals surface area contributed by atoms with E-state index in [9.17, 15) is 4.79 Å². The zero-order valence-corrected chi connectivity index (χ0v) is 19.4. The van der Waals surface area contributed by atoms with Crippen molar-refractivity contribution in [3.05, 3.63) is 21.6 Å². The van der Waals surface area contributed by atoms with Gasteiger partial charge in [-0.25, -0.2) is 0 Å². The Morgan fingerprint density at radius 1 is 0.741 bits per heavy atom. The third kappa shape index (κ3) is 8.18. The summed E-state index contributed by atoms with van der Waals surface area (Å²) < 4.78 is 0. The average molecular weight is 393 g/mol. The van der Waals surface area contributed by atoms with E-state index in [2.05, 4.69) is 27.7 Å². The highest BCUT2D eigenvalue weighted by molar-refractivity contribution is 7.84. The van der Waals surface area contributed by atoms with Crippen LogP contribution in [0.25, 0.3) is 0 Å². The van der Waals surface area contributed by atoms with Crippen molar-refractivity contribution in [2.24, 2.45) is 5.92 Å². The number of hydrogen-bond acceptors (Lipinski definition) is 2. The molecule has 0 fully saturated rings. The Balaban J connectivity index is 2.64. The molecule has 0 N–H and O–H groups in total. The van der Waals surface area contributed by atoms with Crippen LogP contribution in [0.5, 0.6) is 0 Å². The molecule has 2 heteroatoms. The molecule has 0 aromatic carbocycles. The second-order valence-corrected chi connectivity index (χ2v) is 8.82. The lowest BCUT2D eigenvalue weighted by molar-refractivity contribution is -0.112. The maximum atomic E-state index is 13.0. The summed E-state index contributed by atoms with van der Waals surface area (Å²) in [6.07, 6.45) is 18.6. The second-order valence-electron chi connectivity index (χ2n) is 8.33. The molecule has 0 saturated carbocycles. The van der Waals surface area contributed by atoms with Gasteiger partial charge in [0, 0.05) is 11.5 Å². The maximum absolute atomic E-state index is 13.0. The average Bonchev–Trinajstić information content (AvgIpc) is 2.66. The maximum Gasteiger partial charge on any atom is 0.185 e. The Morgan fingerprint density at radius 3 is 1.81 bits per heavy atom. The topological polar surface area (TPSA) is 17.1 Å². The van der Waals surface area contributed by atoms with Gasteiger partial charge in [0.25, 0.3) is 0 Å². The van der Waals surface area contributed by atoms with E-state index in [0.29, 0.717) is 11.7 Å². The standard InChI is InChI=1S/C25H44OS/c1-5-8-10-12-14-16-18-22-20(4)23(19-17-15-13-11-9-6-2)25(27)21(7-3)24(22)26/h23,27H,5-19H2,1-4H3. The Hall–Kier alpha value is -0.500. The first-order valence-corrected chi connectivity index (χ1v) is 12.2. The van der Waals surface area contributed by atoms with Crippen LogP contribution in [-0.4, -0.2) is 5.78 Å². The fraction of sp³-hybridized carbons (Fsp3) is 0.800. The molecular weight excluding hydrogens is 348 g/mol. The molecule has 0 aliphatic heterocycles. The molecule has 1 unspecified atom stereocenters. The number of hydrogen-bond donors (Lipinski definition) is 1. The van der Waals surface area contributed by atoms with Crippen molar-refractivity contribution in [1.29, 1.82) is 0 Å². The Bertz CT molecular complexity index is 500. The number of allylic oxidation sites excluding steroid dienone is 4. The molecule has 0 aromatic heterocycles. The van der Waals surface area contributed by atoms with E-state index in [1.165, 1.54) is 76.2 Å². The van der Waals surface area contributed by atoms with Crippen LogP contribution in [0.3, 0.4) is 0 Å². The molecule has 0 saturated heterocycles. The number of thiol groups is 1. The lowest BCUT2D eigenvalue weighted by atomic mass is 9.78. The summed E-state index contributed by atoms with van der Waals surface area (Å²) in [5, 5.41) is 0. The van der Waals surface area contributed by atoms with Crippen molar-refractivity contribution < 1.29 is 4.79 Å². The first-order chi connectivity index (χ1) is 13.1. The smallest absolute Gasteiger partial charge is 0.185 e. The van der Waals surface area contributed by atoms with E-state index in [-0.39, 0.29) is 0 Å². The van der Waals surface area contributed by atoms with Crippen LogP contribution in [0.15, 0.2) is 21.6 Å². The highest BCUT2D eigenvalue weighted by Crippen LogP contribution is 2.40. The van der Waals surface area contributed by atoms with E-state index >= 15 is 0 Å². The van der Waals surface area contributed by atoms with Gasteiger partial charge in [-0.2, -0.15) is 0 Å². The number of carbonyl (C=O) groups excluding carboxylic acids is 1. The lowest BCUT2D eigenvalue weighted by Gasteiger charge is -2.29. The van der Waals surface area contributed by atoms with Gasteiger partial charge in [0.1, 0.15) is 0 Å². The molecule has 0 bridgehead atoms. The summed E-state index contributed by atoms with van der Waals surface area (Å²) in [6.45, 7) is 8.83. The van der Waals surface area contributed by atoms with Crippen LogP contribution in [-0.2, 0) is 4.79 Å². The van der Waals surface area contributed by atoms with E-state index in [0.717, 1.165) is 41.7 Å². The molecule has 0 spiro atoms. The van der Waals surface area contributed by atoms with Crippen LogP contribution in [0.4, 0.5) is 0 Å². The van der Waals surface area contributed by atoms with Gasteiger partial charge in [0.15, 0.2) is 5.78 Å². The molecule has 0 heterocycles. The normalized spacial score (nSPS) is 18.0. The number of Topliss-reactive ketones (excluding diaryl/α,β-unsaturated/α-hetero) is 1. The SMILES string of the molecule is CCCCCCCCC1=C(C)C(CCCCCCCC)C(S)=C(CC)C1=O. The molecule has 1 aliphatic rings. The van der Waals surface area contributed by atoms with Crippen LogP contribution in [0.2, 0.25) is 0 Å². The van der Waals surface area contributed by atoms with Crippen molar-refractivity contribution in [2.45, 2.75) is 124 Å². The van der Waals surface area contributed by atoms with Gasteiger partial charge in [0.05, 0.1) is 0 Å². The van der Waals surface area contributed by atoms with Crippen LogP contribution in [0, 0.1) is 5.92 Å². The fourth-order valence-corrected chi connectivity index (χ4v) is 4.90. The third-order valence-electron chi connectivity index (χ3n) is 6.17. The zero-order chi connectivity index (χ0) is 20.1. The minimum atomic E-state index is 0.299.